The van der Waals surface area contributed by atoms with Gasteiger partial charge in [0.05, 0.1) is 0 Å². The van der Waals surface area contributed by atoms with Crippen LogP contribution in [-0.2, 0) is 16.1 Å². The minimum absolute atomic E-state index is 0.0296. The van der Waals surface area contributed by atoms with Gasteiger partial charge in [-0.25, -0.2) is 0 Å². The van der Waals surface area contributed by atoms with E-state index in [2.05, 4.69) is 0 Å². The van der Waals surface area contributed by atoms with Crippen molar-refractivity contribution in [3.63, 3.8) is 0 Å². The Balaban J connectivity index is 2.05. The van der Waals surface area contributed by atoms with E-state index in [1.54, 1.807) is 18.9 Å². The number of hydrogen-bond donors (Lipinski definition) is 1. The first kappa shape index (κ1) is 16.0. The van der Waals surface area contributed by atoms with Crippen LogP contribution in [-0.4, -0.2) is 41.8 Å². The van der Waals surface area contributed by atoms with E-state index >= 15 is 0 Å². The molecule has 0 aromatic heterocycles. The van der Waals surface area contributed by atoms with Gasteiger partial charge in [0.15, 0.2) is 0 Å². The Bertz CT molecular complexity index is 493. The summed E-state index contributed by atoms with van der Waals surface area (Å²) in [6.07, 6.45) is 1.47. The van der Waals surface area contributed by atoms with E-state index in [1.807, 2.05) is 31.2 Å². The lowest BCUT2D eigenvalue weighted by Crippen LogP contribution is -2.51. The van der Waals surface area contributed by atoms with Crippen LogP contribution in [0.4, 0.5) is 0 Å². The molecule has 0 spiro atoms. The highest BCUT2D eigenvalue weighted by Crippen LogP contribution is 2.29. The largest absolute Gasteiger partial charge is 0.381 e. The third-order valence-corrected chi connectivity index (χ3v) is 4.46. The minimum Gasteiger partial charge on any atom is -0.381 e. The molecule has 4 heteroatoms. The van der Waals surface area contributed by atoms with Crippen LogP contribution in [0.5, 0.6) is 0 Å². The molecule has 2 rings (SSSR count). The summed E-state index contributed by atoms with van der Waals surface area (Å²) in [6.45, 7) is 5.43. The van der Waals surface area contributed by atoms with Gasteiger partial charge in [-0.15, -0.1) is 0 Å². The molecule has 116 valence electrons. The number of rotatable bonds is 4. The van der Waals surface area contributed by atoms with Gasteiger partial charge in [0.25, 0.3) is 5.91 Å². The molecule has 1 atom stereocenters. The summed E-state index contributed by atoms with van der Waals surface area (Å²) >= 11 is 0. The Hall–Kier alpha value is -1.39. The SMILES string of the molecule is Cc1ccccc1CN(C)C(=O)C(C)(O)C1CCOCC1. The molecule has 1 aromatic carbocycles. The molecule has 1 amide bonds. The van der Waals surface area contributed by atoms with Crippen LogP contribution < -0.4 is 0 Å². The van der Waals surface area contributed by atoms with E-state index in [1.165, 1.54) is 0 Å². The zero-order chi connectivity index (χ0) is 15.5. The molecule has 21 heavy (non-hydrogen) atoms. The maximum atomic E-state index is 12.6. The summed E-state index contributed by atoms with van der Waals surface area (Å²) in [7, 11) is 1.75. The number of ether oxygens (including phenoxy) is 1. The first-order valence-corrected chi connectivity index (χ1v) is 7.53. The lowest BCUT2D eigenvalue weighted by Gasteiger charge is -2.37. The topological polar surface area (TPSA) is 49.8 Å². The van der Waals surface area contributed by atoms with Crippen LogP contribution in [0.15, 0.2) is 24.3 Å². The molecule has 1 aliphatic rings. The monoisotopic (exact) mass is 291 g/mol. The second kappa shape index (κ2) is 6.58. The number of carbonyl (C=O) groups is 1. The van der Waals surface area contributed by atoms with Crippen LogP contribution in [0.2, 0.25) is 0 Å². The van der Waals surface area contributed by atoms with Crippen LogP contribution in [0, 0.1) is 12.8 Å². The number of benzene rings is 1. The standard InChI is InChI=1S/C17H25NO3/c1-13-6-4-5-7-14(13)12-18(3)16(19)17(2,20)15-8-10-21-11-9-15/h4-7,15,20H,8-12H2,1-3H3. The average Bonchev–Trinajstić information content (AvgIpc) is 2.49. The minimum atomic E-state index is -1.32. The van der Waals surface area contributed by atoms with Gasteiger partial charge in [0.2, 0.25) is 0 Å². The summed E-state index contributed by atoms with van der Waals surface area (Å²) in [4.78, 5) is 14.2. The molecule has 0 aliphatic carbocycles. The maximum Gasteiger partial charge on any atom is 0.254 e. The van der Waals surface area contributed by atoms with Gasteiger partial charge in [-0.3, -0.25) is 4.79 Å². The van der Waals surface area contributed by atoms with Crippen molar-refractivity contribution in [1.82, 2.24) is 4.90 Å². The maximum absolute atomic E-state index is 12.6. The summed E-state index contributed by atoms with van der Waals surface area (Å²) in [5, 5.41) is 10.7. The van der Waals surface area contributed by atoms with Gasteiger partial charge >= 0.3 is 0 Å². The molecule has 1 fully saturated rings. The molecule has 1 unspecified atom stereocenters. The van der Waals surface area contributed by atoms with Crippen LogP contribution in [0.3, 0.4) is 0 Å². The lowest BCUT2D eigenvalue weighted by atomic mass is 9.82. The summed E-state index contributed by atoms with van der Waals surface area (Å²) in [5.74, 6) is -0.240. The van der Waals surface area contributed by atoms with E-state index in [9.17, 15) is 9.90 Å². The smallest absolute Gasteiger partial charge is 0.254 e. The number of aryl methyl sites for hydroxylation is 1. The van der Waals surface area contributed by atoms with Crippen LogP contribution in [0.1, 0.15) is 30.9 Å². The normalized spacial score (nSPS) is 19.0. The molecule has 1 aromatic rings. The molecule has 1 saturated heterocycles. The van der Waals surface area contributed by atoms with Crippen molar-refractivity contribution < 1.29 is 14.6 Å². The van der Waals surface area contributed by atoms with E-state index in [0.717, 1.165) is 24.0 Å². The van der Waals surface area contributed by atoms with Crippen molar-refractivity contribution >= 4 is 5.91 Å². The predicted molar refractivity (Wildman–Crippen MR) is 81.8 cm³/mol. The molecular formula is C17H25NO3. The van der Waals surface area contributed by atoms with Gasteiger partial charge in [0, 0.05) is 32.7 Å². The first-order chi connectivity index (χ1) is 9.93. The van der Waals surface area contributed by atoms with Crippen molar-refractivity contribution in [3.05, 3.63) is 35.4 Å². The Morgan fingerprint density at radius 1 is 1.38 bits per heavy atom. The lowest BCUT2D eigenvalue weighted by molar-refractivity contribution is -0.158. The molecule has 1 N–H and O–H groups in total. The molecule has 0 saturated carbocycles. The molecule has 1 heterocycles. The Morgan fingerprint density at radius 3 is 2.62 bits per heavy atom. The summed E-state index contributed by atoms with van der Waals surface area (Å²) < 4.78 is 5.31. The number of nitrogens with zero attached hydrogens (tertiary/aromatic N) is 1. The average molecular weight is 291 g/mol. The fourth-order valence-electron chi connectivity index (χ4n) is 2.94. The second-order valence-corrected chi connectivity index (χ2v) is 6.12. The second-order valence-electron chi connectivity index (χ2n) is 6.12. The Kier molecular flexibility index (Phi) is 5.01. The molecular weight excluding hydrogens is 266 g/mol. The van der Waals surface area contributed by atoms with E-state index in [4.69, 9.17) is 4.74 Å². The number of aliphatic hydroxyl groups is 1. The van der Waals surface area contributed by atoms with Crippen molar-refractivity contribution in [2.24, 2.45) is 5.92 Å². The highest BCUT2D eigenvalue weighted by Gasteiger charge is 2.41. The highest BCUT2D eigenvalue weighted by atomic mass is 16.5. The number of likely N-dealkylation sites (N-methyl/N-ethyl adjacent to an activating group) is 1. The highest BCUT2D eigenvalue weighted by molar-refractivity contribution is 5.84. The summed E-state index contributed by atoms with van der Waals surface area (Å²) in [5.41, 5.74) is 0.945. The molecule has 1 aliphatic heterocycles. The van der Waals surface area contributed by atoms with Gasteiger partial charge in [-0.05, 0) is 37.8 Å². The van der Waals surface area contributed by atoms with Crippen molar-refractivity contribution in [1.29, 1.82) is 0 Å². The number of hydrogen-bond acceptors (Lipinski definition) is 3. The van der Waals surface area contributed by atoms with Gasteiger partial charge in [-0.2, -0.15) is 0 Å². The zero-order valence-electron chi connectivity index (χ0n) is 13.1. The molecule has 0 radical (unpaired) electrons. The molecule has 0 bridgehead atoms. The van der Waals surface area contributed by atoms with E-state index in [-0.39, 0.29) is 11.8 Å². The number of amides is 1. The first-order valence-electron chi connectivity index (χ1n) is 7.53. The van der Waals surface area contributed by atoms with E-state index in [0.29, 0.717) is 19.8 Å². The number of carbonyl (C=O) groups excluding carboxylic acids is 1. The van der Waals surface area contributed by atoms with Gasteiger partial charge in [0.1, 0.15) is 5.60 Å². The van der Waals surface area contributed by atoms with E-state index < -0.39 is 5.60 Å². The van der Waals surface area contributed by atoms with Crippen LogP contribution in [0.25, 0.3) is 0 Å². The van der Waals surface area contributed by atoms with Crippen molar-refractivity contribution in [2.45, 2.75) is 38.8 Å². The quantitative estimate of drug-likeness (QED) is 0.924. The third kappa shape index (κ3) is 3.63. The van der Waals surface area contributed by atoms with Gasteiger partial charge < -0.3 is 14.7 Å². The molecule has 4 nitrogen and oxygen atoms in total. The fraction of sp³-hybridized carbons (Fsp3) is 0.588. The fourth-order valence-corrected chi connectivity index (χ4v) is 2.94. The van der Waals surface area contributed by atoms with Gasteiger partial charge in [-0.1, -0.05) is 24.3 Å². The van der Waals surface area contributed by atoms with Crippen LogP contribution >= 0.6 is 0 Å². The summed E-state index contributed by atoms with van der Waals surface area (Å²) in [6, 6.07) is 8.00. The Morgan fingerprint density at radius 2 is 2.00 bits per heavy atom. The zero-order valence-corrected chi connectivity index (χ0v) is 13.1. The van der Waals surface area contributed by atoms with Crippen molar-refractivity contribution in [3.8, 4) is 0 Å². The third-order valence-electron chi connectivity index (χ3n) is 4.46. The predicted octanol–water partition coefficient (Wildman–Crippen LogP) is 2.13. The van der Waals surface area contributed by atoms with Crippen molar-refractivity contribution in [2.75, 3.05) is 20.3 Å². The Labute approximate surface area is 126 Å².